The maximum atomic E-state index is 13.2. The molecule has 0 bridgehead atoms. The second-order valence-corrected chi connectivity index (χ2v) is 13.4. The van der Waals surface area contributed by atoms with Gasteiger partial charge in [0, 0.05) is 12.3 Å². The molecule has 0 aliphatic heterocycles. The normalized spacial score (nSPS) is 13.2. The smallest absolute Gasteiger partial charge is 0.407 e. The van der Waals surface area contributed by atoms with E-state index in [2.05, 4.69) is 15.6 Å². The predicted octanol–water partition coefficient (Wildman–Crippen LogP) is 5.71. The average molecular weight is 655 g/mol. The summed E-state index contributed by atoms with van der Waals surface area (Å²) in [6.07, 6.45) is -0.903. The molecule has 0 saturated heterocycles. The molecule has 0 unspecified atom stereocenters. The summed E-state index contributed by atoms with van der Waals surface area (Å²) in [6, 6.07) is 21.0. The Morgan fingerprint density at radius 3 is 1.90 bits per heavy atom. The van der Waals surface area contributed by atoms with Crippen molar-refractivity contribution in [1.82, 2.24) is 20.3 Å². The first kappa shape index (κ1) is 33.8. The molecule has 1 amide bonds. The third-order valence-electron chi connectivity index (χ3n) is 7.41. The van der Waals surface area contributed by atoms with Crippen molar-refractivity contribution in [3.05, 3.63) is 101 Å². The number of hydrogen-bond donors (Lipinski definition) is 2. The van der Waals surface area contributed by atoms with E-state index in [1.54, 1.807) is 65.8 Å². The Morgan fingerprint density at radius 2 is 1.35 bits per heavy atom. The van der Waals surface area contributed by atoms with Crippen molar-refractivity contribution >= 4 is 24.0 Å². The summed E-state index contributed by atoms with van der Waals surface area (Å²) in [6.45, 7) is 10.2. The largest absolute Gasteiger partial charge is 0.480 e. The van der Waals surface area contributed by atoms with Crippen LogP contribution >= 0.6 is 0 Å². The highest BCUT2D eigenvalue weighted by atomic mass is 16.6. The number of hydrogen-bond acceptors (Lipinski definition) is 9. The van der Waals surface area contributed by atoms with Crippen molar-refractivity contribution in [2.24, 2.45) is 0 Å². The van der Waals surface area contributed by atoms with Gasteiger partial charge in [0.1, 0.15) is 23.9 Å². The maximum absolute atomic E-state index is 13.2. The minimum absolute atomic E-state index is 0.0457. The minimum atomic E-state index is -1.28. The molecule has 250 valence electrons. The molecule has 12 heteroatoms. The summed E-state index contributed by atoms with van der Waals surface area (Å²) in [5, 5.41) is 20.3. The van der Waals surface area contributed by atoms with Crippen molar-refractivity contribution in [3.63, 3.8) is 0 Å². The second-order valence-electron chi connectivity index (χ2n) is 13.4. The molecule has 1 aromatic heterocycles. The van der Waals surface area contributed by atoms with Crippen LogP contribution in [0.25, 0.3) is 16.8 Å². The molecule has 12 nitrogen and oxygen atoms in total. The molecule has 0 spiro atoms. The number of aliphatic carboxylic acids is 1. The molecule has 1 heterocycles. The van der Waals surface area contributed by atoms with E-state index in [-0.39, 0.29) is 30.3 Å². The number of carboxylic acids is 1. The van der Waals surface area contributed by atoms with E-state index in [0.717, 1.165) is 22.3 Å². The first-order chi connectivity index (χ1) is 22.6. The number of amides is 1. The SMILES string of the molecule is CC(C)(C)OC(=O)c1nnn(-c2ccc(C[C@H](NC(=O)OCC3c4ccccc4-c4ccccc43)C(=O)O)cc2)c1C(=O)OC(C)(C)C. The third-order valence-corrected chi connectivity index (χ3v) is 7.41. The zero-order valence-electron chi connectivity index (χ0n) is 27.6. The van der Waals surface area contributed by atoms with Crippen molar-refractivity contribution < 1.29 is 38.5 Å². The van der Waals surface area contributed by atoms with Crippen molar-refractivity contribution in [2.75, 3.05) is 6.61 Å². The first-order valence-electron chi connectivity index (χ1n) is 15.5. The van der Waals surface area contributed by atoms with Gasteiger partial charge in [-0.15, -0.1) is 5.10 Å². The Bertz CT molecular complexity index is 1810. The van der Waals surface area contributed by atoms with Crippen LogP contribution in [0.1, 0.15) is 85.1 Å². The van der Waals surface area contributed by atoms with E-state index in [1.165, 1.54) is 4.68 Å². The van der Waals surface area contributed by atoms with E-state index < -0.39 is 41.2 Å². The minimum Gasteiger partial charge on any atom is -0.480 e. The van der Waals surface area contributed by atoms with Crippen LogP contribution in [0.4, 0.5) is 4.79 Å². The molecule has 2 N–H and O–H groups in total. The first-order valence-corrected chi connectivity index (χ1v) is 15.5. The number of nitrogens with one attached hydrogen (secondary N) is 1. The molecule has 5 rings (SSSR count). The van der Waals surface area contributed by atoms with Crippen molar-refractivity contribution in [1.29, 1.82) is 0 Å². The van der Waals surface area contributed by atoms with Gasteiger partial charge in [-0.05, 0) is 81.5 Å². The lowest BCUT2D eigenvalue weighted by Crippen LogP contribution is -2.42. The summed E-state index contributed by atoms with van der Waals surface area (Å²) < 4.78 is 17.7. The lowest BCUT2D eigenvalue weighted by molar-refractivity contribution is -0.139. The lowest BCUT2D eigenvalue weighted by atomic mass is 9.98. The monoisotopic (exact) mass is 654 g/mol. The van der Waals surface area contributed by atoms with Crippen LogP contribution in [-0.2, 0) is 25.4 Å². The van der Waals surface area contributed by atoms with E-state index >= 15 is 0 Å². The van der Waals surface area contributed by atoms with Crippen LogP contribution in [0.15, 0.2) is 72.8 Å². The van der Waals surface area contributed by atoms with Crippen LogP contribution in [0, 0.1) is 0 Å². The summed E-state index contributed by atoms with van der Waals surface area (Å²) >= 11 is 0. The van der Waals surface area contributed by atoms with Gasteiger partial charge in [0.25, 0.3) is 0 Å². The molecular formula is C36H38N4O8. The molecule has 0 fully saturated rings. The van der Waals surface area contributed by atoms with Gasteiger partial charge in [-0.2, -0.15) is 0 Å². The Hall–Kier alpha value is -5.52. The highest BCUT2D eigenvalue weighted by molar-refractivity contribution is 6.01. The number of esters is 2. The number of carboxylic acid groups (broad SMARTS) is 1. The summed E-state index contributed by atoms with van der Waals surface area (Å²) in [5.41, 5.74) is 2.94. The van der Waals surface area contributed by atoms with E-state index in [1.807, 2.05) is 48.5 Å². The fourth-order valence-electron chi connectivity index (χ4n) is 5.43. The standard InChI is InChI=1S/C36H38N4O8/c1-35(2,3)47-32(43)29-30(33(44)48-36(4,5)6)40(39-38-29)22-17-15-21(16-18-22)19-28(31(41)42)37-34(45)46-20-27-25-13-9-7-11-23(25)24-12-8-10-14-26(24)27/h7-18,27-28H,19-20H2,1-6H3,(H,37,45)(H,41,42)/t28-/m0/s1. The number of ether oxygens (including phenoxy) is 3. The number of carbonyl (C=O) groups is 4. The van der Waals surface area contributed by atoms with Gasteiger partial charge in [0.05, 0.1) is 5.69 Å². The van der Waals surface area contributed by atoms with Crippen molar-refractivity contribution in [2.45, 2.75) is 71.1 Å². The maximum Gasteiger partial charge on any atom is 0.407 e. The van der Waals surface area contributed by atoms with Crippen LogP contribution in [0.2, 0.25) is 0 Å². The van der Waals surface area contributed by atoms with Crippen LogP contribution in [0.3, 0.4) is 0 Å². The Labute approximate surface area is 278 Å². The van der Waals surface area contributed by atoms with Gasteiger partial charge in [-0.3, -0.25) is 0 Å². The van der Waals surface area contributed by atoms with Gasteiger partial charge in [0.2, 0.25) is 5.69 Å². The molecule has 3 aromatic carbocycles. The number of rotatable bonds is 9. The van der Waals surface area contributed by atoms with Gasteiger partial charge < -0.3 is 24.6 Å². The average Bonchev–Trinajstić information content (AvgIpc) is 3.59. The van der Waals surface area contributed by atoms with Crippen LogP contribution < -0.4 is 5.32 Å². The summed E-state index contributed by atoms with van der Waals surface area (Å²) in [4.78, 5) is 51.1. The fourth-order valence-corrected chi connectivity index (χ4v) is 5.43. The number of alkyl carbamates (subject to hydrolysis) is 1. The number of nitrogens with zero attached hydrogens (tertiary/aromatic N) is 3. The topological polar surface area (TPSA) is 159 Å². The second kappa shape index (κ2) is 13.3. The highest BCUT2D eigenvalue weighted by Gasteiger charge is 2.33. The molecule has 1 atom stereocenters. The zero-order valence-corrected chi connectivity index (χ0v) is 27.6. The van der Waals surface area contributed by atoms with Gasteiger partial charge in [0.15, 0.2) is 5.69 Å². The Balaban J connectivity index is 1.29. The Kier molecular flexibility index (Phi) is 9.38. The van der Waals surface area contributed by atoms with E-state index in [0.29, 0.717) is 11.3 Å². The number of aromatic nitrogens is 3. The van der Waals surface area contributed by atoms with Crippen molar-refractivity contribution in [3.8, 4) is 16.8 Å². The molecule has 1 aliphatic rings. The molecule has 0 radical (unpaired) electrons. The van der Waals surface area contributed by atoms with E-state index in [4.69, 9.17) is 14.2 Å². The van der Waals surface area contributed by atoms with E-state index in [9.17, 15) is 24.3 Å². The number of benzene rings is 3. The number of carbonyl (C=O) groups excluding carboxylic acids is 3. The number of fused-ring (bicyclic) bond motifs is 3. The fraction of sp³-hybridized carbons (Fsp3) is 0.333. The summed E-state index contributed by atoms with van der Waals surface area (Å²) in [5.74, 6) is -3.07. The van der Waals surface area contributed by atoms with Crippen LogP contribution in [-0.4, -0.2) is 68.0 Å². The quantitative estimate of drug-likeness (QED) is 0.169. The third kappa shape index (κ3) is 7.71. The molecular weight excluding hydrogens is 616 g/mol. The molecule has 4 aromatic rings. The lowest BCUT2D eigenvalue weighted by Gasteiger charge is -2.21. The highest BCUT2D eigenvalue weighted by Crippen LogP contribution is 2.44. The Morgan fingerprint density at radius 1 is 0.812 bits per heavy atom. The van der Waals surface area contributed by atoms with Gasteiger partial charge >= 0.3 is 24.0 Å². The molecule has 0 saturated carbocycles. The van der Waals surface area contributed by atoms with Crippen LogP contribution in [0.5, 0.6) is 0 Å². The molecule has 1 aliphatic carbocycles. The molecule has 48 heavy (non-hydrogen) atoms. The van der Waals surface area contributed by atoms with Gasteiger partial charge in [-0.25, -0.2) is 23.9 Å². The van der Waals surface area contributed by atoms with Gasteiger partial charge in [-0.1, -0.05) is 65.9 Å². The zero-order chi connectivity index (χ0) is 34.8. The summed E-state index contributed by atoms with van der Waals surface area (Å²) in [7, 11) is 0. The predicted molar refractivity (Wildman–Crippen MR) is 175 cm³/mol.